The van der Waals surface area contributed by atoms with E-state index in [9.17, 15) is 9.18 Å². The Morgan fingerprint density at radius 1 is 0.946 bits per heavy atom. The number of carbonyl (C=O) groups excluding carboxylic acids is 1. The van der Waals surface area contributed by atoms with E-state index < -0.39 is 5.60 Å². The number of hydrogen-bond acceptors (Lipinski definition) is 5. The van der Waals surface area contributed by atoms with E-state index in [2.05, 4.69) is 9.97 Å². The Labute approximate surface area is 225 Å². The van der Waals surface area contributed by atoms with Gasteiger partial charge in [0.15, 0.2) is 5.82 Å². The fourth-order valence-electron chi connectivity index (χ4n) is 3.99. The van der Waals surface area contributed by atoms with Crippen molar-refractivity contribution < 1.29 is 18.7 Å². The van der Waals surface area contributed by atoms with Gasteiger partial charge in [-0.25, -0.2) is 9.18 Å². The van der Waals surface area contributed by atoms with E-state index in [0.717, 1.165) is 29.1 Å². The van der Waals surface area contributed by atoms with Crippen LogP contribution in [0, 0.1) is 5.82 Å². The van der Waals surface area contributed by atoms with Crippen molar-refractivity contribution in [3.8, 4) is 5.75 Å². The summed E-state index contributed by atoms with van der Waals surface area (Å²) in [5, 5.41) is 2.70. The van der Waals surface area contributed by atoms with Gasteiger partial charge in [-0.3, -0.25) is 9.97 Å². The number of ether oxygens (including phenoxy) is 2. The Morgan fingerprint density at radius 3 is 2.14 bits per heavy atom. The molecule has 6 nitrogen and oxygen atoms in total. The Balaban J connectivity index is 0.000000222. The van der Waals surface area contributed by atoms with Crippen LogP contribution >= 0.6 is 23.2 Å². The van der Waals surface area contributed by atoms with Crippen molar-refractivity contribution >= 4 is 51.1 Å². The van der Waals surface area contributed by atoms with Gasteiger partial charge in [0.25, 0.3) is 0 Å². The zero-order chi connectivity index (χ0) is 26.6. The summed E-state index contributed by atoms with van der Waals surface area (Å²) in [6.07, 6.45) is 4.57. The molecule has 1 amide bonds. The fraction of sp³-hybridized carbons (Fsp3) is 0.321. The molecule has 0 saturated carbocycles. The molecular formula is C28H28Cl2FN3O3. The van der Waals surface area contributed by atoms with Gasteiger partial charge in [-0.1, -0.05) is 35.3 Å². The molecule has 0 unspecified atom stereocenters. The average molecular weight is 544 g/mol. The molecule has 0 atom stereocenters. The zero-order valence-corrected chi connectivity index (χ0v) is 22.4. The normalized spacial score (nSPS) is 14.3. The highest BCUT2D eigenvalue weighted by Crippen LogP contribution is 2.30. The molecule has 4 aromatic rings. The summed E-state index contributed by atoms with van der Waals surface area (Å²) in [6, 6.07) is 14.0. The van der Waals surface area contributed by atoms with E-state index in [1.807, 2.05) is 39.0 Å². The Hall–Kier alpha value is -3.16. The van der Waals surface area contributed by atoms with E-state index in [0.29, 0.717) is 34.4 Å². The molecule has 0 radical (unpaired) electrons. The van der Waals surface area contributed by atoms with Gasteiger partial charge in [-0.05, 0) is 51.1 Å². The van der Waals surface area contributed by atoms with E-state index in [1.165, 1.54) is 6.07 Å². The van der Waals surface area contributed by atoms with Crippen LogP contribution in [0.25, 0.3) is 21.8 Å². The monoisotopic (exact) mass is 543 g/mol. The van der Waals surface area contributed by atoms with Crippen LogP contribution in [0.4, 0.5) is 9.18 Å². The first-order valence-corrected chi connectivity index (χ1v) is 12.7. The lowest BCUT2D eigenvalue weighted by molar-refractivity contribution is 0.0127. The Morgan fingerprint density at radius 2 is 1.51 bits per heavy atom. The first-order chi connectivity index (χ1) is 17.6. The van der Waals surface area contributed by atoms with Crippen LogP contribution in [0.3, 0.4) is 0 Å². The lowest BCUT2D eigenvalue weighted by atomic mass is 10.1. The molecular weight excluding hydrogens is 516 g/mol. The zero-order valence-electron chi connectivity index (χ0n) is 20.9. The molecule has 1 aliphatic rings. The number of aromatic nitrogens is 2. The van der Waals surface area contributed by atoms with Crippen molar-refractivity contribution in [1.82, 2.24) is 14.9 Å². The molecule has 1 saturated heterocycles. The minimum absolute atomic E-state index is 0.0300. The second-order valence-corrected chi connectivity index (χ2v) is 10.6. The lowest BCUT2D eigenvalue weighted by Crippen LogP contribution is -2.44. The van der Waals surface area contributed by atoms with Crippen LogP contribution in [0.1, 0.15) is 33.6 Å². The lowest BCUT2D eigenvalue weighted by Gasteiger charge is -2.33. The smallest absolute Gasteiger partial charge is 0.410 e. The van der Waals surface area contributed by atoms with Crippen molar-refractivity contribution in [2.24, 2.45) is 0 Å². The largest absolute Gasteiger partial charge is 0.488 e. The maximum absolute atomic E-state index is 13.1. The minimum atomic E-state index is -0.476. The number of fused-ring (bicyclic) bond motifs is 2. The van der Waals surface area contributed by atoms with Gasteiger partial charge >= 0.3 is 6.09 Å². The number of benzene rings is 2. The first-order valence-electron chi connectivity index (χ1n) is 12.0. The number of piperidine rings is 1. The number of carbonyl (C=O) groups is 1. The molecule has 9 heteroatoms. The summed E-state index contributed by atoms with van der Waals surface area (Å²) in [5.41, 5.74) is 0.693. The Bertz CT molecular complexity index is 1400. The minimum Gasteiger partial charge on any atom is -0.488 e. The summed E-state index contributed by atoms with van der Waals surface area (Å²) in [4.78, 5) is 22.2. The van der Waals surface area contributed by atoms with Gasteiger partial charge < -0.3 is 14.4 Å². The number of halogens is 3. The van der Waals surface area contributed by atoms with E-state index in [-0.39, 0.29) is 18.0 Å². The molecule has 0 bridgehead atoms. The van der Waals surface area contributed by atoms with Crippen molar-refractivity contribution in [2.75, 3.05) is 13.1 Å². The van der Waals surface area contributed by atoms with Crippen LogP contribution in [-0.4, -0.2) is 45.8 Å². The topological polar surface area (TPSA) is 64.5 Å². The number of pyridine rings is 2. The van der Waals surface area contributed by atoms with Crippen LogP contribution in [0.15, 0.2) is 60.9 Å². The summed E-state index contributed by atoms with van der Waals surface area (Å²) in [6.45, 7) is 6.85. The maximum Gasteiger partial charge on any atom is 0.410 e. The predicted molar refractivity (Wildman–Crippen MR) is 145 cm³/mol. The van der Waals surface area contributed by atoms with Crippen molar-refractivity contribution in [3.05, 3.63) is 76.8 Å². The molecule has 0 aliphatic carbocycles. The average Bonchev–Trinajstić information content (AvgIpc) is 2.84. The number of likely N-dealkylation sites (tertiary alicyclic amines) is 1. The summed E-state index contributed by atoms with van der Waals surface area (Å²) < 4.78 is 24.7. The number of amides is 1. The molecule has 0 spiro atoms. The highest BCUT2D eigenvalue weighted by atomic mass is 35.5. The Kier molecular flexibility index (Phi) is 8.35. The summed E-state index contributed by atoms with van der Waals surface area (Å²) in [7, 11) is 0. The summed E-state index contributed by atoms with van der Waals surface area (Å²) in [5.74, 6) is 0.317. The molecule has 1 fully saturated rings. The van der Waals surface area contributed by atoms with E-state index >= 15 is 0 Å². The number of rotatable bonds is 2. The van der Waals surface area contributed by atoms with Crippen molar-refractivity contribution in [3.63, 3.8) is 0 Å². The quantitative estimate of drug-likeness (QED) is 0.259. The van der Waals surface area contributed by atoms with Crippen LogP contribution in [0.5, 0.6) is 5.75 Å². The number of hydrogen-bond donors (Lipinski definition) is 0. The van der Waals surface area contributed by atoms with Gasteiger partial charge in [0, 0.05) is 65.2 Å². The summed E-state index contributed by atoms with van der Waals surface area (Å²) >= 11 is 11.8. The fourth-order valence-corrected chi connectivity index (χ4v) is 4.42. The standard InChI is InChI=1S/C19H23ClN2O3.C9H5ClFN/c1-19(2,3)25-18(23)22-9-6-15(7-10-22)24-16-12-14(20)11-13-5-4-8-21-17(13)16;10-7-4-6-2-1-3-12-9(6)8(11)5-7/h4-5,8,11-12,15H,6-7,9-10H2,1-3H3;1-5H. The van der Waals surface area contributed by atoms with Gasteiger partial charge in [0.1, 0.15) is 28.5 Å². The second kappa shape index (κ2) is 11.5. The molecule has 194 valence electrons. The first kappa shape index (κ1) is 26.9. The molecule has 2 aromatic heterocycles. The maximum atomic E-state index is 13.1. The van der Waals surface area contributed by atoms with E-state index in [4.69, 9.17) is 32.7 Å². The van der Waals surface area contributed by atoms with E-state index in [1.54, 1.807) is 41.6 Å². The molecule has 0 N–H and O–H groups in total. The molecule has 1 aliphatic heterocycles. The second-order valence-electron chi connectivity index (χ2n) is 9.73. The third-order valence-corrected chi connectivity index (χ3v) is 6.08. The van der Waals surface area contributed by atoms with Crippen molar-refractivity contribution in [2.45, 2.75) is 45.3 Å². The molecule has 37 heavy (non-hydrogen) atoms. The van der Waals surface area contributed by atoms with Gasteiger partial charge in [0.05, 0.1) is 0 Å². The van der Waals surface area contributed by atoms with Crippen LogP contribution in [0.2, 0.25) is 10.0 Å². The highest BCUT2D eigenvalue weighted by Gasteiger charge is 2.28. The van der Waals surface area contributed by atoms with Gasteiger partial charge in [-0.15, -0.1) is 0 Å². The predicted octanol–water partition coefficient (Wildman–Crippen LogP) is 7.69. The van der Waals surface area contributed by atoms with Crippen molar-refractivity contribution in [1.29, 1.82) is 0 Å². The third-order valence-electron chi connectivity index (χ3n) is 5.65. The third kappa shape index (κ3) is 7.21. The van der Waals surface area contributed by atoms with Crippen LogP contribution < -0.4 is 4.74 Å². The SMILES string of the molecule is CC(C)(C)OC(=O)N1CCC(Oc2cc(Cl)cc3cccnc23)CC1.Fc1cc(Cl)cc2cccnc12. The van der Waals surface area contributed by atoms with Gasteiger partial charge in [-0.2, -0.15) is 0 Å². The number of nitrogens with zero attached hydrogens (tertiary/aromatic N) is 3. The van der Waals surface area contributed by atoms with Gasteiger partial charge in [0.2, 0.25) is 0 Å². The highest BCUT2D eigenvalue weighted by molar-refractivity contribution is 6.31. The van der Waals surface area contributed by atoms with Crippen LogP contribution in [-0.2, 0) is 4.74 Å². The molecule has 3 heterocycles. The molecule has 5 rings (SSSR count). The molecule has 2 aromatic carbocycles.